The number of fused-ring (bicyclic) bond motifs is 2. The third kappa shape index (κ3) is 3.14. The number of hydrogen-bond donors (Lipinski definition) is 2. The molecule has 29 heavy (non-hydrogen) atoms. The van der Waals surface area contributed by atoms with E-state index in [1.807, 2.05) is 39.9 Å². The van der Waals surface area contributed by atoms with Crippen molar-refractivity contribution in [2.45, 2.75) is 18.9 Å². The molecule has 0 saturated carbocycles. The third-order valence-corrected chi connectivity index (χ3v) is 6.19. The number of aromatic nitrogens is 3. The van der Waals surface area contributed by atoms with Gasteiger partial charge in [0, 0.05) is 40.9 Å². The van der Waals surface area contributed by atoms with Crippen LogP contribution in [0.1, 0.15) is 23.2 Å². The number of ether oxygens (including phenoxy) is 1. The minimum Gasteiger partial charge on any atom is -0.383 e. The summed E-state index contributed by atoms with van der Waals surface area (Å²) in [7, 11) is 1.66. The first-order valence-corrected chi connectivity index (χ1v) is 10.5. The lowest BCUT2D eigenvalue weighted by atomic mass is 10.1. The van der Waals surface area contributed by atoms with Gasteiger partial charge >= 0.3 is 0 Å². The molecule has 1 fully saturated rings. The summed E-state index contributed by atoms with van der Waals surface area (Å²) in [5, 5.41) is 4.65. The molecule has 3 aromatic heterocycles. The Labute approximate surface area is 170 Å². The van der Waals surface area contributed by atoms with Crippen molar-refractivity contribution in [1.29, 1.82) is 0 Å². The number of benzene rings is 1. The Bertz CT molecular complexity index is 1270. The van der Waals surface area contributed by atoms with Crippen LogP contribution in [0.5, 0.6) is 0 Å². The van der Waals surface area contributed by atoms with Gasteiger partial charge in [-0.3, -0.25) is 9.59 Å². The molecule has 4 heterocycles. The van der Waals surface area contributed by atoms with Gasteiger partial charge in [0.1, 0.15) is 0 Å². The summed E-state index contributed by atoms with van der Waals surface area (Å²) >= 11 is 1.50. The predicted molar refractivity (Wildman–Crippen MR) is 113 cm³/mol. The number of hydrogen-bond acceptors (Lipinski definition) is 5. The summed E-state index contributed by atoms with van der Waals surface area (Å²) in [5.74, 6) is 0.0184. The molecule has 2 N–H and O–H groups in total. The fraction of sp³-hybridized carbons (Fsp3) is 0.286. The second kappa shape index (κ2) is 7.13. The number of methoxy groups -OCH3 is 1. The van der Waals surface area contributed by atoms with Gasteiger partial charge in [-0.05, 0) is 37.1 Å². The van der Waals surface area contributed by atoms with E-state index in [2.05, 4.69) is 15.0 Å². The number of amides is 1. The highest BCUT2D eigenvalue weighted by atomic mass is 32.1. The van der Waals surface area contributed by atoms with E-state index in [1.165, 1.54) is 11.3 Å². The minimum atomic E-state index is -0.238. The molecule has 1 aliphatic rings. The average molecular weight is 408 g/mol. The number of nitrogens with zero attached hydrogens (tertiary/aromatic N) is 2. The van der Waals surface area contributed by atoms with Gasteiger partial charge in [-0.1, -0.05) is 0 Å². The summed E-state index contributed by atoms with van der Waals surface area (Å²) < 4.78 is 5.26. The topological polar surface area (TPSA) is 91.1 Å². The lowest BCUT2D eigenvalue weighted by Crippen LogP contribution is -2.38. The summed E-state index contributed by atoms with van der Waals surface area (Å²) in [6.45, 7) is 1.31. The molecule has 0 spiro atoms. The van der Waals surface area contributed by atoms with Crippen molar-refractivity contribution in [2.75, 3.05) is 20.3 Å². The second-order valence-corrected chi connectivity index (χ2v) is 8.06. The van der Waals surface area contributed by atoms with E-state index in [4.69, 9.17) is 4.74 Å². The van der Waals surface area contributed by atoms with Crippen LogP contribution < -0.4 is 5.56 Å². The molecule has 0 bridgehead atoms. The summed E-state index contributed by atoms with van der Waals surface area (Å²) in [4.78, 5) is 38.0. The second-order valence-electron chi connectivity index (χ2n) is 7.32. The average Bonchev–Trinajstić information content (AvgIpc) is 3.45. The smallest absolute Gasteiger partial charge is 0.276 e. The molecule has 8 heteroatoms. The van der Waals surface area contributed by atoms with E-state index in [1.54, 1.807) is 7.11 Å². The van der Waals surface area contributed by atoms with Gasteiger partial charge in [0.25, 0.3) is 11.5 Å². The van der Waals surface area contributed by atoms with Gasteiger partial charge in [0.15, 0.2) is 5.69 Å². The standard InChI is InChI=1S/C21H20N4O3S/c1-28-9-14-3-2-6-25(14)21(27)12-4-5-15-13(7-12)8-16(22-15)19-20(26)24-18-11-29-10-17(18)23-19/h4-5,7-8,10-11,14,22H,2-3,6,9H2,1H3,(H,24,26)/t14-/m0/s1. The van der Waals surface area contributed by atoms with E-state index in [0.29, 0.717) is 23.6 Å². The minimum absolute atomic E-state index is 0.0184. The summed E-state index contributed by atoms with van der Waals surface area (Å²) in [5.41, 5.74) is 3.75. The maximum Gasteiger partial charge on any atom is 0.276 e. The number of aromatic amines is 2. The number of H-pyrrole nitrogens is 2. The zero-order valence-corrected chi connectivity index (χ0v) is 16.7. The first-order chi connectivity index (χ1) is 14.1. The summed E-state index contributed by atoms with van der Waals surface area (Å²) in [6.07, 6.45) is 1.96. The van der Waals surface area contributed by atoms with Crippen LogP contribution in [-0.2, 0) is 4.74 Å². The maximum atomic E-state index is 13.0. The predicted octanol–water partition coefficient (Wildman–Crippen LogP) is 3.38. The van der Waals surface area contributed by atoms with Crippen molar-refractivity contribution in [3.63, 3.8) is 0 Å². The third-order valence-electron chi connectivity index (χ3n) is 5.46. The molecular formula is C21H20N4O3S. The van der Waals surface area contributed by atoms with E-state index in [-0.39, 0.29) is 17.5 Å². The van der Waals surface area contributed by atoms with Crippen molar-refractivity contribution >= 4 is 39.2 Å². The molecule has 4 aromatic rings. The number of carbonyl (C=O) groups is 1. The molecular weight excluding hydrogens is 388 g/mol. The lowest BCUT2D eigenvalue weighted by Gasteiger charge is -2.24. The number of nitrogens with one attached hydrogen (secondary N) is 2. The molecule has 1 saturated heterocycles. The Morgan fingerprint density at radius 1 is 1.28 bits per heavy atom. The Hall–Kier alpha value is -2.97. The van der Waals surface area contributed by atoms with E-state index >= 15 is 0 Å². The normalized spacial score (nSPS) is 16.9. The van der Waals surface area contributed by atoms with Crippen LogP contribution in [0.3, 0.4) is 0 Å². The number of carbonyl (C=O) groups excluding carboxylic acids is 1. The largest absolute Gasteiger partial charge is 0.383 e. The lowest BCUT2D eigenvalue weighted by molar-refractivity contribution is 0.0631. The van der Waals surface area contributed by atoms with Gasteiger partial charge in [-0.25, -0.2) is 4.98 Å². The van der Waals surface area contributed by atoms with Crippen molar-refractivity contribution in [3.05, 3.63) is 50.9 Å². The molecule has 0 radical (unpaired) electrons. The van der Waals surface area contributed by atoms with Crippen LogP contribution in [0.15, 0.2) is 39.8 Å². The van der Waals surface area contributed by atoms with Crippen molar-refractivity contribution in [3.8, 4) is 11.4 Å². The van der Waals surface area contributed by atoms with Crippen LogP contribution in [0.4, 0.5) is 0 Å². The van der Waals surface area contributed by atoms with E-state index < -0.39 is 0 Å². The van der Waals surface area contributed by atoms with Crippen molar-refractivity contribution in [2.24, 2.45) is 0 Å². The van der Waals surface area contributed by atoms with Crippen LogP contribution in [-0.4, -0.2) is 52.1 Å². The van der Waals surface area contributed by atoms with E-state index in [0.717, 1.165) is 41.3 Å². The van der Waals surface area contributed by atoms with Crippen molar-refractivity contribution in [1.82, 2.24) is 19.9 Å². The Morgan fingerprint density at radius 2 is 2.17 bits per heavy atom. The molecule has 7 nitrogen and oxygen atoms in total. The first-order valence-electron chi connectivity index (χ1n) is 9.53. The van der Waals surface area contributed by atoms with Crippen LogP contribution in [0.2, 0.25) is 0 Å². The molecule has 0 unspecified atom stereocenters. The Kier molecular flexibility index (Phi) is 4.44. The highest BCUT2D eigenvalue weighted by Gasteiger charge is 2.29. The van der Waals surface area contributed by atoms with E-state index in [9.17, 15) is 9.59 Å². The summed E-state index contributed by atoms with van der Waals surface area (Å²) in [6, 6.07) is 7.58. The van der Waals surface area contributed by atoms with Gasteiger partial charge < -0.3 is 19.6 Å². The van der Waals surface area contributed by atoms with Gasteiger partial charge in [-0.2, -0.15) is 0 Å². The molecule has 0 aliphatic carbocycles. The number of thiophene rings is 1. The zero-order chi connectivity index (χ0) is 20.0. The Balaban J connectivity index is 1.51. The molecule has 1 aromatic carbocycles. The molecule has 148 valence electrons. The molecule has 1 atom stereocenters. The van der Waals surface area contributed by atoms with Crippen molar-refractivity contribution < 1.29 is 9.53 Å². The fourth-order valence-electron chi connectivity index (χ4n) is 4.03. The highest BCUT2D eigenvalue weighted by Crippen LogP contribution is 2.26. The number of likely N-dealkylation sites (tertiary alicyclic amines) is 1. The fourth-order valence-corrected chi connectivity index (χ4v) is 4.73. The van der Waals surface area contributed by atoms with Crippen LogP contribution in [0, 0.1) is 0 Å². The quantitative estimate of drug-likeness (QED) is 0.542. The first kappa shape index (κ1) is 18.1. The molecule has 1 amide bonds. The van der Waals surface area contributed by atoms with Gasteiger partial charge in [-0.15, -0.1) is 11.3 Å². The Morgan fingerprint density at radius 3 is 3.03 bits per heavy atom. The molecule has 5 rings (SSSR count). The van der Waals surface area contributed by atoms with Gasteiger partial charge in [0.2, 0.25) is 0 Å². The SMILES string of the molecule is COC[C@@H]1CCCN1C(=O)c1ccc2[nH]c(-c3nc4cscc4[nH]c3=O)cc2c1. The van der Waals surface area contributed by atoms with Crippen LogP contribution in [0.25, 0.3) is 33.3 Å². The zero-order valence-electron chi connectivity index (χ0n) is 15.9. The van der Waals surface area contributed by atoms with Gasteiger partial charge in [0.05, 0.1) is 29.4 Å². The van der Waals surface area contributed by atoms with Crippen LogP contribution >= 0.6 is 11.3 Å². The monoisotopic (exact) mass is 408 g/mol. The highest BCUT2D eigenvalue weighted by molar-refractivity contribution is 7.09. The molecule has 1 aliphatic heterocycles. The number of rotatable bonds is 4. The maximum absolute atomic E-state index is 13.0.